The Balaban J connectivity index is 2.61. The lowest BCUT2D eigenvalue weighted by atomic mass is 9.97. The van der Waals surface area contributed by atoms with Gasteiger partial charge in [-0.05, 0) is 24.3 Å². The van der Waals surface area contributed by atoms with Crippen molar-refractivity contribution in [3.05, 3.63) is 42.3 Å². The highest BCUT2D eigenvalue weighted by Gasteiger charge is 2.01. The third-order valence-electron chi connectivity index (χ3n) is 1.96. The highest BCUT2D eigenvalue weighted by atomic mass is 14.1. The molecule has 1 aromatic rings. The lowest BCUT2D eigenvalue weighted by Gasteiger charge is -2.08. The van der Waals surface area contributed by atoms with Crippen molar-refractivity contribution in [3.63, 3.8) is 0 Å². The largest absolute Gasteiger partial charge is 0.0622 e. The topological polar surface area (TPSA) is 0 Å². The Kier molecular flexibility index (Phi) is 3.15. The second-order valence-electron chi connectivity index (χ2n) is 2.96. The molecule has 0 heterocycles. The fourth-order valence-electron chi connectivity index (χ4n) is 1.27. The van der Waals surface area contributed by atoms with E-state index in [-0.39, 0.29) is 0 Å². The Morgan fingerprint density at radius 3 is 2.45 bits per heavy atom. The standard InChI is InChI=1S/C11H15/c1-3-7-10(2)11-8-5-4-6-9-11/h3-6,8-10H,7H2,1-2H3. The number of benzene rings is 1. The van der Waals surface area contributed by atoms with Crippen molar-refractivity contribution < 1.29 is 0 Å². The van der Waals surface area contributed by atoms with Crippen molar-refractivity contribution in [2.45, 2.75) is 26.2 Å². The van der Waals surface area contributed by atoms with Gasteiger partial charge in [0.05, 0.1) is 0 Å². The molecule has 1 rings (SSSR count). The molecule has 0 bridgehead atoms. The van der Waals surface area contributed by atoms with Crippen LogP contribution < -0.4 is 0 Å². The Morgan fingerprint density at radius 2 is 1.91 bits per heavy atom. The maximum atomic E-state index is 2.26. The highest BCUT2D eigenvalue weighted by Crippen LogP contribution is 2.18. The van der Waals surface area contributed by atoms with Gasteiger partial charge in [0.1, 0.15) is 0 Å². The minimum absolute atomic E-state index is 0.668. The molecule has 59 valence electrons. The summed E-state index contributed by atoms with van der Waals surface area (Å²) in [5.74, 6) is 0.668. The maximum Gasteiger partial charge on any atom is -0.0188 e. The van der Waals surface area contributed by atoms with Gasteiger partial charge in [0, 0.05) is 0 Å². The number of hydrogen-bond acceptors (Lipinski definition) is 0. The summed E-state index contributed by atoms with van der Waals surface area (Å²) in [7, 11) is 0. The molecule has 1 radical (unpaired) electrons. The van der Waals surface area contributed by atoms with Crippen LogP contribution in [0.5, 0.6) is 0 Å². The quantitative estimate of drug-likeness (QED) is 0.614. The minimum atomic E-state index is 0.668. The van der Waals surface area contributed by atoms with Crippen LogP contribution in [0.3, 0.4) is 0 Å². The lowest BCUT2D eigenvalue weighted by molar-refractivity contribution is 0.747. The SMILES string of the molecule is C[CH]CC(C)c1ccccc1. The first-order valence-electron chi connectivity index (χ1n) is 4.17. The zero-order chi connectivity index (χ0) is 8.10. The molecule has 1 aromatic carbocycles. The summed E-state index contributed by atoms with van der Waals surface area (Å²) in [6.45, 7) is 4.37. The van der Waals surface area contributed by atoms with E-state index in [0.717, 1.165) is 0 Å². The summed E-state index contributed by atoms with van der Waals surface area (Å²) in [5, 5.41) is 0. The van der Waals surface area contributed by atoms with Gasteiger partial charge in [-0.1, -0.05) is 44.2 Å². The van der Waals surface area contributed by atoms with E-state index in [0.29, 0.717) is 5.92 Å². The molecule has 0 nitrogen and oxygen atoms in total. The third kappa shape index (κ3) is 2.38. The van der Waals surface area contributed by atoms with Gasteiger partial charge >= 0.3 is 0 Å². The minimum Gasteiger partial charge on any atom is -0.0622 e. The zero-order valence-corrected chi connectivity index (χ0v) is 7.25. The molecule has 0 aliphatic rings. The van der Waals surface area contributed by atoms with Crippen LogP contribution in [0.2, 0.25) is 0 Å². The molecule has 0 aliphatic heterocycles. The van der Waals surface area contributed by atoms with Crippen molar-refractivity contribution in [2.24, 2.45) is 0 Å². The first kappa shape index (κ1) is 8.32. The molecule has 0 amide bonds. The van der Waals surface area contributed by atoms with E-state index in [2.05, 4.69) is 50.6 Å². The predicted molar refractivity (Wildman–Crippen MR) is 49.4 cm³/mol. The highest BCUT2D eigenvalue weighted by molar-refractivity contribution is 5.18. The zero-order valence-electron chi connectivity index (χ0n) is 7.25. The second kappa shape index (κ2) is 4.17. The molecule has 0 saturated carbocycles. The Hall–Kier alpha value is -0.780. The van der Waals surface area contributed by atoms with Crippen LogP contribution in [0.15, 0.2) is 30.3 Å². The molecule has 1 atom stereocenters. The van der Waals surface area contributed by atoms with Crippen molar-refractivity contribution in [1.82, 2.24) is 0 Å². The van der Waals surface area contributed by atoms with E-state index in [1.807, 2.05) is 0 Å². The van der Waals surface area contributed by atoms with E-state index in [1.54, 1.807) is 0 Å². The third-order valence-corrected chi connectivity index (χ3v) is 1.96. The van der Waals surface area contributed by atoms with Crippen LogP contribution in [0.1, 0.15) is 31.7 Å². The van der Waals surface area contributed by atoms with E-state index in [1.165, 1.54) is 12.0 Å². The maximum absolute atomic E-state index is 2.26. The monoisotopic (exact) mass is 147 g/mol. The average Bonchev–Trinajstić information content (AvgIpc) is 2.07. The molecule has 0 heteroatoms. The molecule has 0 saturated heterocycles. The first-order valence-corrected chi connectivity index (χ1v) is 4.17. The van der Waals surface area contributed by atoms with Crippen molar-refractivity contribution in [3.8, 4) is 0 Å². The van der Waals surface area contributed by atoms with Gasteiger partial charge in [0.2, 0.25) is 0 Å². The van der Waals surface area contributed by atoms with Gasteiger partial charge in [-0.25, -0.2) is 0 Å². The van der Waals surface area contributed by atoms with Gasteiger partial charge in [-0.15, -0.1) is 0 Å². The summed E-state index contributed by atoms with van der Waals surface area (Å²) in [6, 6.07) is 10.6. The van der Waals surface area contributed by atoms with Gasteiger partial charge < -0.3 is 0 Å². The number of hydrogen-bond donors (Lipinski definition) is 0. The van der Waals surface area contributed by atoms with Crippen LogP contribution in [0.4, 0.5) is 0 Å². The Bertz CT molecular complexity index is 188. The normalized spacial score (nSPS) is 12.9. The van der Waals surface area contributed by atoms with Crippen LogP contribution >= 0.6 is 0 Å². The summed E-state index contributed by atoms with van der Waals surface area (Å²) < 4.78 is 0. The average molecular weight is 147 g/mol. The Morgan fingerprint density at radius 1 is 1.27 bits per heavy atom. The fraction of sp³-hybridized carbons (Fsp3) is 0.364. The van der Waals surface area contributed by atoms with Gasteiger partial charge in [-0.2, -0.15) is 0 Å². The molecule has 0 spiro atoms. The summed E-state index contributed by atoms with van der Waals surface area (Å²) >= 11 is 0. The van der Waals surface area contributed by atoms with Gasteiger partial charge in [0.25, 0.3) is 0 Å². The van der Waals surface area contributed by atoms with Gasteiger partial charge in [0.15, 0.2) is 0 Å². The number of rotatable bonds is 3. The predicted octanol–water partition coefficient (Wildman–Crippen LogP) is 3.40. The molecule has 0 N–H and O–H groups in total. The molecule has 0 aromatic heterocycles. The van der Waals surface area contributed by atoms with Crippen molar-refractivity contribution >= 4 is 0 Å². The Labute approximate surface area is 69.3 Å². The molecule has 1 unspecified atom stereocenters. The van der Waals surface area contributed by atoms with E-state index in [9.17, 15) is 0 Å². The smallest absolute Gasteiger partial charge is 0.0188 e. The molecular weight excluding hydrogens is 132 g/mol. The van der Waals surface area contributed by atoms with Crippen LogP contribution in [-0.4, -0.2) is 0 Å². The van der Waals surface area contributed by atoms with Crippen LogP contribution in [0, 0.1) is 6.42 Å². The van der Waals surface area contributed by atoms with Crippen LogP contribution in [0.25, 0.3) is 0 Å². The van der Waals surface area contributed by atoms with Crippen LogP contribution in [-0.2, 0) is 0 Å². The molecule has 11 heavy (non-hydrogen) atoms. The lowest BCUT2D eigenvalue weighted by Crippen LogP contribution is -1.91. The van der Waals surface area contributed by atoms with E-state index < -0.39 is 0 Å². The van der Waals surface area contributed by atoms with Crippen molar-refractivity contribution in [1.29, 1.82) is 0 Å². The first-order chi connectivity index (χ1) is 5.34. The van der Waals surface area contributed by atoms with Crippen molar-refractivity contribution in [2.75, 3.05) is 0 Å². The molecule has 0 aliphatic carbocycles. The molecule has 0 fully saturated rings. The van der Waals surface area contributed by atoms with E-state index in [4.69, 9.17) is 0 Å². The van der Waals surface area contributed by atoms with E-state index >= 15 is 0 Å². The summed E-state index contributed by atoms with van der Waals surface area (Å²) in [4.78, 5) is 0. The second-order valence-corrected chi connectivity index (χ2v) is 2.96. The summed E-state index contributed by atoms with van der Waals surface area (Å²) in [5.41, 5.74) is 1.44. The van der Waals surface area contributed by atoms with Gasteiger partial charge in [-0.3, -0.25) is 0 Å². The fourth-order valence-corrected chi connectivity index (χ4v) is 1.27. The molecular formula is C11H15. The summed E-state index contributed by atoms with van der Waals surface area (Å²) in [6.07, 6.45) is 3.39.